The lowest BCUT2D eigenvalue weighted by Gasteiger charge is -2.07. The Labute approximate surface area is 94.9 Å². The molecule has 0 spiro atoms. The van der Waals surface area contributed by atoms with Gasteiger partial charge in [-0.05, 0) is 23.8 Å². The molecule has 84 valence electrons. The van der Waals surface area contributed by atoms with Crippen LogP contribution in [0.3, 0.4) is 0 Å². The van der Waals surface area contributed by atoms with Gasteiger partial charge in [0.2, 0.25) is 0 Å². The van der Waals surface area contributed by atoms with Crippen LogP contribution in [0.25, 0.3) is 10.9 Å². The summed E-state index contributed by atoms with van der Waals surface area (Å²) >= 11 is 5.61. The highest BCUT2D eigenvalue weighted by molar-refractivity contribution is 6.17. The van der Waals surface area contributed by atoms with Gasteiger partial charge in [0.25, 0.3) is 0 Å². The number of pyridine rings is 1. The van der Waals surface area contributed by atoms with E-state index in [1.165, 1.54) is 0 Å². The molecule has 1 heterocycles. The zero-order chi connectivity index (χ0) is 11.8. The van der Waals surface area contributed by atoms with Crippen molar-refractivity contribution in [3.05, 3.63) is 41.6 Å². The minimum Gasteiger partial charge on any atom is -0.256 e. The molecule has 16 heavy (non-hydrogen) atoms. The van der Waals surface area contributed by atoms with Crippen molar-refractivity contribution in [3.63, 3.8) is 0 Å². The Balaban J connectivity index is 2.59. The lowest BCUT2D eigenvalue weighted by atomic mass is 10.1. The Kier molecular flexibility index (Phi) is 2.76. The number of rotatable bonds is 1. The summed E-state index contributed by atoms with van der Waals surface area (Å²) < 4.78 is 37.3. The number of benzene rings is 1. The standard InChI is InChI=1S/C11H7ClF3N/c12-5-7-1-2-10-8(3-7)4-9(6-16-10)11(13,14)15/h1-4,6H,5H2. The summed E-state index contributed by atoms with van der Waals surface area (Å²) in [6.45, 7) is 0. The molecule has 0 saturated heterocycles. The monoisotopic (exact) mass is 245 g/mol. The van der Waals surface area contributed by atoms with Gasteiger partial charge >= 0.3 is 6.18 Å². The van der Waals surface area contributed by atoms with Gasteiger partial charge in [-0.3, -0.25) is 4.98 Å². The van der Waals surface area contributed by atoms with Crippen LogP contribution in [0, 0.1) is 0 Å². The van der Waals surface area contributed by atoms with E-state index in [1.54, 1.807) is 18.2 Å². The topological polar surface area (TPSA) is 12.9 Å². The van der Waals surface area contributed by atoms with Crippen LogP contribution in [0.5, 0.6) is 0 Å². The van der Waals surface area contributed by atoms with E-state index in [0.717, 1.165) is 17.8 Å². The van der Waals surface area contributed by atoms with Crippen molar-refractivity contribution in [2.24, 2.45) is 0 Å². The lowest BCUT2D eigenvalue weighted by molar-refractivity contribution is -0.137. The van der Waals surface area contributed by atoms with Crippen molar-refractivity contribution in [1.82, 2.24) is 4.98 Å². The Morgan fingerprint density at radius 3 is 2.56 bits per heavy atom. The van der Waals surface area contributed by atoms with Gasteiger partial charge in [0.15, 0.2) is 0 Å². The molecule has 2 aromatic rings. The zero-order valence-corrected chi connectivity index (χ0v) is 8.81. The van der Waals surface area contributed by atoms with E-state index in [4.69, 9.17) is 11.6 Å². The van der Waals surface area contributed by atoms with Crippen LogP contribution in [-0.4, -0.2) is 4.98 Å². The molecule has 0 aliphatic rings. The van der Waals surface area contributed by atoms with E-state index < -0.39 is 11.7 Å². The second-order valence-electron chi connectivity index (χ2n) is 3.38. The maximum absolute atomic E-state index is 12.4. The number of hydrogen-bond acceptors (Lipinski definition) is 1. The molecule has 2 rings (SSSR count). The molecule has 0 fully saturated rings. The molecule has 0 radical (unpaired) electrons. The van der Waals surface area contributed by atoms with Crippen molar-refractivity contribution >= 4 is 22.5 Å². The molecule has 0 N–H and O–H groups in total. The highest BCUT2D eigenvalue weighted by Gasteiger charge is 2.30. The summed E-state index contributed by atoms with van der Waals surface area (Å²) in [5.74, 6) is 0.270. The Bertz CT molecular complexity index is 522. The zero-order valence-electron chi connectivity index (χ0n) is 8.05. The van der Waals surface area contributed by atoms with E-state index >= 15 is 0 Å². The van der Waals surface area contributed by atoms with Crippen LogP contribution >= 0.6 is 11.6 Å². The number of fused-ring (bicyclic) bond motifs is 1. The fraction of sp³-hybridized carbons (Fsp3) is 0.182. The molecule has 0 unspecified atom stereocenters. The number of hydrogen-bond donors (Lipinski definition) is 0. The fourth-order valence-electron chi connectivity index (χ4n) is 1.42. The molecule has 5 heteroatoms. The van der Waals surface area contributed by atoms with Crippen LogP contribution in [0.1, 0.15) is 11.1 Å². The first-order valence-electron chi connectivity index (χ1n) is 4.52. The first-order valence-corrected chi connectivity index (χ1v) is 5.06. The molecule has 0 amide bonds. The second kappa shape index (κ2) is 3.94. The summed E-state index contributed by atoms with van der Waals surface area (Å²) in [5.41, 5.74) is 0.559. The van der Waals surface area contributed by atoms with E-state index in [0.29, 0.717) is 10.9 Å². The fourth-order valence-corrected chi connectivity index (χ4v) is 1.59. The van der Waals surface area contributed by atoms with E-state index in [2.05, 4.69) is 4.98 Å². The molecule has 1 aromatic carbocycles. The molecule has 0 aliphatic heterocycles. The van der Waals surface area contributed by atoms with E-state index in [1.807, 2.05) is 0 Å². The molecule has 0 saturated carbocycles. The summed E-state index contributed by atoms with van der Waals surface area (Å²) in [6.07, 6.45) is -3.53. The minimum absolute atomic E-state index is 0.270. The van der Waals surface area contributed by atoms with Gasteiger partial charge < -0.3 is 0 Å². The highest BCUT2D eigenvalue weighted by atomic mass is 35.5. The first kappa shape index (κ1) is 11.2. The predicted molar refractivity (Wildman–Crippen MR) is 56.3 cm³/mol. The van der Waals surface area contributed by atoms with Gasteiger partial charge in [-0.1, -0.05) is 6.07 Å². The first-order chi connectivity index (χ1) is 7.50. The van der Waals surface area contributed by atoms with Crippen molar-refractivity contribution in [3.8, 4) is 0 Å². The number of halogens is 4. The SMILES string of the molecule is FC(F)(F)c1cnc2ccc(CCl)cc2c1. The Morgan fingerprint density at radius 1 is 1.19 bits per heavy atom. The van der Waals surface area contributed by atoms with Gasteiger partial charge in [0.1, 0.15) is 0 Å². The molecule has 1 nitrogen and oxygen atoms in total. The van der Waals surface area contributed by atoms with E-state index in [-0.39, 0.29) is 5.88 Å². The third-order valence-electron chi connectivity index (χ3n) is 2.23. The van der Waals surface area contributed by atoms with E-state index in [9.17, 15) is 13.2 Å². The number of aromatic nitrogens is 1. The Morgan fingerprint density at radius 2 is 1.94 bits per heavy atom. The molecule has 0 aliphatic carbocycles. The van der Waals surface area contributed by atoms with Crippen LogP contribution in [0.15, 0.2) is 30.5 Å². The van der Waals surface area contributed by atoms with Crippen LogP contribution in [-0.2, 0) is 12.1 Å². The van der Waals surface area contributed by atoms with Crippen molar-refractivity contribution in [2.45, 2.75) is 12.1 Å². The largest absolute Gasteiger partial charge is 0.417 e. The maximum atomic E-state index is 12.4. The highest BCUT2D eigenvalue weighted by Crippen LogP contribution is 2.30. The summed E-state index contributed by atoms with van der Waals surface area (Å²) in [6, 6.07) is 6.10. The number of alkyl halides is 4. The number of nitrogens with zero attached hydrogens (tertiary/aromatic N) is 1. The molecular formula is C11H7ClF3N. The average molecular weight is 246 g/mol. The summed E-state index contributed by atoms with van der Waals surface area (Å²) in [4.78, 5) is 3.76. The third kappa shape index (κ3) is 2.11. The molecule has 1 aromatic heterocycles. The second-order valence-corrected chi connectivity index (χ2v) is 3.65. The lowest BCUT2D eigenvalue weighted by Crippen LogP contribution is -2.05. The average Bonchev–Trinajstić information content (AvgIpc) is 2.26. The molecule has 0 bridgehead atoms. The summed E-state index contributed by atoms with van der Waals surface area (Å²) in [7, 11) is 0. The van der Waals surface area contributed by atoms with Crippen LogP contribution in [0.4, 0.5) is 13.2 Å². The van der Waals surface area contributed by atoms with Crippen LogP contribution < -0.4 is 0 Å². The maximum Gasteiger partial charge on any atom is 0.417 e. The van der Waals surface area contributed by atoms with Gasteiger partial charge in [-0.15, -0.1) is 11.6 Å². The van der Waals surface area contributed by atoms with Gasteiger partial charge in [-0.25, -0.2) is 0 Å². The summed E-state index contributed by atoms with van der Waals surface area (Å²) in [5, 5.41) is 0.452. The van der Waals surface area contributed by atoms with Gasteiger partial charge in [-0.2, -0.15) is 13.2 Å². The molecular weight excluding hydrogens is 239 g/mol. The van der Waals surface area contributed by atoms with Crippen molar-refractivity contribution in [1.29, 1.82) is 0 Å². The van der Waals surface area contributed by atoms with Gasteiger partial charge in [0, 0.05) is 17.5 Å². The Hall–Kier alpha value is -1.29. The third-order valence-corrected chi connectivity index (χ3v) is 2.54. The van der Waals surface area contributed by atoms with Crippen LogP contribution in [0.2, 0.25) is 0 Å². The minimum atomic E-state index is -4.36. The molecule has 0 atom stereocenters. The normalized spacial score (nSPS) is 12.0. The smallest absolute Gasteiger partial charge is 0.256 e. The van der Waals surface area contributed by atoms with Crippen molar-refractivity contribution in [2.75, 3.05) is 0 Å². The predicted octanol–water partition coefficient (Wildman–Crippen LogP) is 3.99. The quantitative estimate of drug-likeness (QED) is 0.692. The van der Waals surface area contributed by atoms with Gasteiger partial charge in [0.05, 0.1) is 11.1 Å². The van der Waals surface area contributed by atoms with Crippen molar-refractivity contribution < 1.29 is 13.2 Å².